The fourth-order valence-electron chi connectivity index (χ4n) is 3.59. The molecule has 138 valence electrons. The molecule has 1 aromatic carbocycles. The number of carbonyl (C=O) groups is 1. The van der Waals surface area contributed by atoms with E-state index in [1.54, 1.807) is 14.0 Å². The van der Waals surface area contributed by atoms with E-state index >= 15 is 0 Å². The molecule has 1 amide bonds. The molecule has 25 heavy (non-hydrogen) atoms. The van der Waals surface area contributed by atoms with Gasteiger partial charge in [0.15, 0.2) is 11.5 Å². The maximum absolute atomic E-state index is 11.4. The number of methoxy groups -OCH3 is 1. The summed E-state index contributed by atoms with van der Waals surface area (Å²) in [5, 5.41) is 19.7. The standard InChI is InChI=1S/C19H27NO5/c1-12(21)19(2)11-20(18(22)23)9-15(19)14-6-7-16(24-3)17(8-14)25-10-13-4-5-13/h6-8,12-13,15,21H,4-5,9-11H2,1-3H3,(H,22,23). The SMILES string of the molecule is COc1ccc(C2CN(C(=O)O)CC2(C)C(C)O)cc1OCC1CC1. The monoisotopic (exact) mass is 349 g/mol. The summed E-state index contributed by atoms with van der Waals surface area (Å²) in [7, 11) is 1.61. The Balaban J connectivity index is 1.89. The molecule has 3 rings (SSSR count). The van der Waals surface area contributed by atoms with E-state index in [0.29, 0.717) is 37.1 Å². The van der Waals surface area contributed by atoms with E-state index in [0.717, 1.165) is 5.56 Å². The van der Waals surface area contributed by atoms with Crippen molar-refractivity contribution in [1.29, 1.82) is 0 Å². The van der Waals surface area contributed by atoms with Crippen LogP contribution >= 0.6 is 0 Å². The molecule has 6 heteroatoms. The maximum atomic E-state index is 11.4. The van der Waals surface area contributed by atoms with Gasteiger partial charge in [0.2, 0.25) is 0 Å². The van der Waals surface area contributed by atoms with Crippen LogP contribution in [-0.4, -0.2) is 54.1 Å². The van der Waals surface area contributed by atoms with Crippen molar-refractivity contribution in [3.63, 3.8) is 0 Å². The molecule has 2 aliphatic rings. The number of aliphatic hydroxyl groups is 1. The van der Waals surface area contributed by atoms with E-state index < -0.39 is 17.6 Å². The zero-order valence-corrected chi connectivity index (χ0v) is 15.1. The number of carboxylic acid groups (broad SMARTS) is 1. The van der Waals surface area contributed by atoms with Gasteiger partial charge in [-0.1, -0.05) is 13.0 Å². The number of amides is 1. The molecule has 1 aromatic rings. The number of hydrogen-bond acceptors (Lipinski definition) is 4. The Kier molecular flexibility index (Phi) is 4.82. The lowest BCUT2D eigenvalue weighted by Gasteiger charge is -2.33. The van der Waals surface area contributed by atoms with Crippen molar-refractivity contribution in [2.75, 3.05) is 26.8 Å². The normalized spacial score (nSPS) is 27.2. The van der Waals surface area contributed by atoms with Crippen LogP contribution in [0, 0.1) is 11.3 Å². The van der Waals surface area contributed by atoms with E-state index in [1.165, 1.54) is 17.7 Å². The van der Waals surface area contributed by atoms with Gasteiger partial charge in [0.25, 0.3) is 0 Å². The number of benzene rings is 1. The fraction of sp³-hybridized carbons (Fsp3) is 0.632. The highest BCUT2D eigenvalue weighted by Crippen LogP contribution is 2.47. The topological polar surface area (TPSA) is 79.2 Å². The quantitative estimate of drug-likeness (QED) is 0.825. The summed E-state index contributed by atoms with van der Waals surface area (Å²) in [5.74, 6) is 1.90. The molecular formula is C19H27NO5. The van der Waals surface area contributed by atoms with Crippen LogP contribution in [0.3, 0.4) is 0 Å². The second-order valence-corrected chi connectivity index (χ2v) is 7.56. The highest BCUT2D eigenvalue weighted by Gasteiger charge is 2.48. The van der Waals surface area contributed by atoms with Crippen molar-refractivity contribution in [3.05, 3.63) is 23.8 Å². The Hall–Kier alpha value is -1.95. The van der Waals surface area contributed by atoms with Gasteiger partial charge in [0.05, 0.1) is 19.8 Å². The molecule has 1 aliphatic heterocycles. The van der Waals surface area contributed by atoms with Gasteiger partial charge < -0.3 is 24.6 Å². The first-order valence-corrected chi connectivity index (χ1v) is 8.82. The summed E-state index contributed by atoms with van der Waals surface area (Å²) in [6.07, 6.45) is 0.837. The number of nitrogens with zero attached hydrogens (tertiary/aromatic N) is 1. The first-order chi connectivity index (χ1) is 11.8. The summed E-state index contributed by atoms with van der Waals surface area (Å²) in [4.78, 5) is 12.8. The molecular weight excluding hydrogens is 322 g/mol. The molecule has 0 bridgehead atoms. The van der Waals surface area contributed by atoms with Crippen molar-refractivity contribution < 1.29 is 24.5 Å². The first-order valence-electron chi connectivity index (χ1n) is 8.82. The van der Waals surface area contributed by atoms with Gasteiger partial charge in [-0.3, -0.25) is 0 Å². The van der Waals surface area contributed by atoms with Crippen LogP contribution in [0.1, 0.15) is 38.2 Å². The van der Waals surface area contributed by atoms with Crippen molar-refractivity contribution in [1.82, 2.24) is 4.90 Å². The molecule has 1 heterocycles. The number of ether oxygens (including phenoxy) is 2. The predicted molar refractivity (Wildman–Crippen MR) is 93.3 cm³/mol. The van der Waals surface area contributed by atoms with Crippen LogP contribution in [0.15, 0.2) is 18.2 Å². The molecule has 0 radical (unpaired) electrons. The zero-order chi connectivity index (χ0) is 18.2. The number of likely N-dealkylation sites (tertiary alicyclic amines) is 1. The summed E-state index contributed by atoms with van der Waals surface area (Å²) in [6.45, 7) is 5.03. The molecule has 0 aromatic heterocycles. The minimum atomic E-state index is -0.951. The van der Waals surface area contributed by atoms with Gasteiger partial charge in [-0.25, -0.2) is 4.79 Å². The second-order valence-electron chi connectivity index (χ2n) is 7.56. The lowest BCUT2D eigenvalue weighted by Crippen LogP contribution is -2.37. The maximum Gasteiger partial charge on any atom is 0.407 e. The van der Waals surface area contributed by atoms with Crippen LogP contribution in [0.2, 0.25) is 0 Å². The van der Waals surface area contributed by atoms with Crippen molar-refractivity contribution in [2.45, 2.75) is 38.7 Å². The van der Waals surface area contributed by atoms with Gasteiger partial charge in [-0.2, -0.15) is 0 Å². The van der Waals surface area contributed by atoms with Crippen LogP contribution in [0.25, 0.3) is 0 Å². The third-order valence-electron chi connectivity index (χ3n) is 5.72. The Labute approximate surface area is 148 Å². The highest BCUT2D eigenvalue weighted by molar-refractivity contribution is 5.66. The average molecular weight is 349 g/mol. The third-order valence-corrected chi connectivity index (χ3v) is 5.72. The number of rotatable bonds is 6. The van der Waals surface area contributed by atoms with E-state index in [1.807, 2.05) is 25.1 Å². The summed E-state index contributed by atoms with van der Waals surface area (Å²) in [5.41, 5.74) is 0.430. The van der Waals surface area contributed by atoms with Crippen molar-refractivity contribution in [2.24, 2.45) is 11.3 Å². The largest absolute Gasteiger partial charge is 0.493 e. The van der Waals surface area contributed by atoms with Crippen LogP contribution in [0.5, 0.6) is 11.5 Å². The average Bonchev–Trinajstić information content (AvgIpc) is 3.33. The minimum absolute atomic E-state index is 0.0993. The Bertz CT molecular complexity index is 643. The number of hydrogen-bond donors (Lipinski definition) is 2. The van der Waals surface area contributed by atoms with Gasteiger partial charge in [-0.15, -0.1) is 0 Å². The summed E-state index contributed by atoms with van der Waals surface area (Å²) < 4.78 is 11.3. The van der Waals surface area contributed by atoms with Crippen LogP contribution in [0.4, 0.5) is 4.79 Å². The van der Waals surface area contributed by atoms with E-state index in [4.69, 9.17) is 9.47 Å². The molecule has 2 fully saturated rings. The molecule has 3 unspecified atom stereocenters. The predicted octanol–water partition coefficient (Wildman–Crippen LogP) is 2.95. The van der Waals surface area contributed by atoms with Gasteiger partial charge in [0.1, 0.15) is 0 Å². The van der Waals surface area contributed by atoms with E-state index in [-0.39, 0.29) is 5.92 Å². The molecule has 0 spiro atoms. The fourth-order valence-corrected chi connectivity index (χ4v) is 3.59. The zero-order valence-electron chi connectivity index (χ0n) is 15.1. The third kappa shape index (κ3) is 3.54. The lowest BCUT2D eigenvalue weighted by molar-refractivity contribution is 0.0481. The molecule has 3 atom stereocenters. The molecule has 6 nitrogen and oxygen atoms in total. The summed E-state index contributed by atoms with van der Waals surface area (Å²) >= 11 is 0. The minimum Gasteiger partial charge on any atom is -0.493 e. The molecule has 1 saturated heterocycles. The van der Waals surface area contributed by atoms with Crippen LogP contribution in [-0.2, 0) is 0 Å². The second kappa shape index (κ2) is 6.75. The Morgan fingerprint density at radius 1 is 1.40 bits per heavy atom. The van der Waals surface area contributed by atoms with Crippen LogP contribution < -0.4 is 9.47 Å². The molecule has 2 N–H and O–H groups in total. The molecule has 1 aliphatic carbocycles. The summed E-state index contributed by atoms with van der Waals surface area (Å²) in [6, 6.07) is 5.75. The first kappa shape index (κ1) is 17.9. The van der Waals surface area contributed by atoms with Gasteiger partial charge >= 0.3 is 6.09 Å². The van der Waals surface area contributed by atoms with E-state index in [9.17, 15) is 15.0 Å². The lowest BCUT2D eigenvalue weighted by atomic mass is 9.72. The van der Waals surface area contributed by atoms with Crippen molar-refractivity contribution in [3.8, 4) is 11.5 Å². The molecule has 1 saturated carbocycles. The van der Waals surface area contributed by atoms with Gasteiger partial charge in [-0.05, 0) is 43.4 Å². The Morgan fingerprint density at radius 3 is 2.68 bits per heavy atom. The van der Waals surface area contributed by atoms with E-state index in [2.05, 4.69) is 0 Å². The smallest absolute Gasteiger partial charge is 0.407 e. The van der Waals surface area contributed by atoms with Crippen molar-refractivity contribution >= 4 is 6.09 Å². The Morgan fingerprint density at radius 2 is 2.12 bits per heavy atom. The van der Waals surface area contributed by atoms with Gasteiger partial charge in [0, 0.05) is 24.4 Å². The highest BCUT2D eigenvalue weighted by atomic mass is 16.5. The number of aliphatic hydroxyl groups excluding tert-OH is 1.